The smallest absolute Gasteiger partial charge is 0.122 e. The first kappa shape index (κ1) is 13.3. The minimum atomic E-state index is 0.110. The second kappa shape index (κ2) is 6.72. The molecule has 0 saturated heterocycles. The van der Waals surface area contributed by atoms with E-state index < -0.39 is 0 Å². The molecule has 1 aromatic rings. The Hall–Kier alpha value is -0.120. The summed E-state index contributed by atoms with van der Waals surface area (Å²) in [5.74, 6) is 1.25. The van der Waals surface area contributed by atoms with E-state index in [1.54, 1.807) is 11.3 Å². The normalized spacial score (nSPS) is 19.4. The average Bonchev–Trinajstić information content (AvgIpc) is 2.86. The molecule has 2 nitrogen and oxygen atoms in total. The first-order chi connectivity index (χ1) is 8.29. The summed E-state index contributed by atoms with van der Waals surface area (Å²) in [7, 11) is 0. The summed E-state index contributed by atoms with van der Waals surface area (Å²) in [5, 5.41) is 3.07. The van der Waals surface area contributed by atoms with E-state index in [1.807, 2.05) is 5.38 Å². The fraction of sp³-hybridized carbons (Fsp3) is 0.769. The summed E-state index contributed by atoms with van der Waals surface area (Å²) < 4.78 is 5.93. The van der Waals surface area contributed by atoms with Gasteiger partial charge in [0.25, 0.3) is 0 Å². The van der Waals surface area contributed by atoms with E-state index in [9.17, 15) is 0 Å². The molecular formula is C13H20ClNOS. The quantitative estimate of drug-likeness (QED) is 0.735. The monoisotopic (exact) mass is 273 g/mol. The minimum absolute atomic E-state index is 0.110. The van der Waals surface area contributed by atoms with Crippen LogP contribution in [-0.4, -0.2) is 11.6 Å². The molecule has 0 bridgehead atoms. The average molecular weight is 274 g/mol. The highest BCUT2D eigenvalue weighted by molar-refractivity contribution is 7.09. The van der Waals surface area contributed by atoms with Gasteiger partial charge in [0.2, 0.25) is 0 Å². The molecule has 1 aliphatic carbocycles. The second-order valence-electron chi connectivity index (χ2n) is 4.79. The Kier molecular flexibility index (Phi) is 5.26. The molecule has 0 radical (unpaired) electrons. The fourth-order valence-corrected chi connectivity index (χ4v) is 3.33. The Balaban J connectivity index is 1.77. The Morgan fingerprint density at radius 2 is 2.24 bits per heavy atom. The van der Waals surface area contributed by atoms with Crippen LogP contribution in [0.1, 0.15) is 55.8 Å². The van der Waals surface area contributed by atoms with E-state index in [4.69, 9.17) is 16.3 Å². The van der Waals surface area contributed by atoms with Crippen molar-refractivity contribution in [3.63, 3.8) is 0 Å². The molecule has 0 amide bonds. The van der Waals surface area contributed by atoms with Gasteiger partial charge < -0.3 is 4.74 Å². The van der Waals surface area contributed by atoms with Gasteiger partial charge in [-0.05, 0) is 25.7 Å². The molecule has 1 atom stereocenters. The molecule has 0 spiro atoms. The van der Waals surface area contributed by atoms with Gasteiger partial charge in [-0.2, -0.15) is 0 Å². The predicted octanol–water partition coefficient (Wildman–Crippen LogP) is 4.54. The van der Waals surface area contributed by atoms with Gasteiger partial charge in [-0.1, -0.05) is 19.3 Å². The van der Waals surface area contributed by atoms with E-state index >= 15 is 0 Å². The highest BCUT2D eigenvalue weighted by atomic mass is 35.5. The van der Waals surface area contributed by atoms with Gasteiger partial charge in [0.05, 0.1) is 18.2 Å². The number of aromatic nitrogens is 1. The number of alkyl halides is 1. The van der Waals surface area contributed by atoms with Crippen LogP contribution in [0.2, 0.25) is 0 Å². The molecule has 1 heterocycles. The van der Waals surface area contributed by atoms with Gasteiger partial charge in [0.1, 0.15) is 11.1 Å². The maximum absolute atomic E-state index is 5.93. The van der Waals surface area contributed by atoms with Crippen LogP contribution in [0.15, 0.2) is 5.38 Å². The van der Waals surface area contributed by atoms with Crippen molar-refractivity contribution in [3.05, 3.63) is 16.1 Å². The molecule has 96 valence electrons. The van der Waals surface area contributed by atoms with Crippen LogP contribution in [0.25, 0.3) is 0 Å². The summed E-state index contributed by atoms with van der Waals surface area (Å²) in [6.07, 6.45) is 6.91. The summed E-state index contributed by atoms with van der Waals surface area (Å²) >= 11 is 7.40. The van der Waals surface area contributed by atoms with E-state index in [0.717, 1.165) is 23.2 Å². The standard InChI is InChI=1S/C13H20ClNOS/c1-10(13-15-12(7-14)9-17-13)16-8-11-5-3-2-4-6-11/h9-11H,2-8H2,1H3. The highest BCUT2D eigenvalue weighted by Crippen LogP contribution is 2.27. The van der Waals surface area contributed by atoms with Crippen LogP contribution in [0.4, 0.5) is 0 Å². The molecule has 17 heavy (non-hydrogen) atoms. The number of hydrogen-bond acceptors (Lipinski definition) is 3. The van der Waals surface area contributed by atoms with Gasteiger partial charge in [0, 0.05) is 5.38 Å². The van der Waals surface area contributed by atoms with Crippen molar-refractivity contribution in [2.75, 3.05) is 6.61 Å². The lowest BCUT2D eigenvalue weighted by Gasteiger charge is -2.22. The van der Waals surface area contributed by atoms with Crippen LogP contribution in [-0.2, 0) is 10.6 Å². The predicted molar refractivity (Wildman–Crippen MR) is 72.6 cm³/mol. The largest absolute Gasteiger partial charge is 0.371 e. The minimum Gasteiger partial charge on any atom is -0.371 e. The number of rotatable bonds is 5. The second-order valence-corrected chi connectivity index (χ2v) is 5.95. The Bertz CT molecular complexity index is 336. The van der Waals surface area contributed by atoms with Crippen LogP contribution < -0.4 is 0 Å². The Labute approximate surface area is 112 Å². The molecule has 1 fully saturated rings. The van der Waals surface area contributed by atoms with Crippen molar-refractivity contribution < 1.29 is 4.74 Å². The summed E-state index contributed by atoms with van der Waals surface area (Å²) in [4.78, 5) is 4.45. The van der Waals surface area contributed by atoms with Gasteiger partial charge in [0.15, 0.2) is 0 Å². The van der Waals surface area contributed by atoms with Gasteiger partial charge in [-0.25, -0.2) is 4.98 Å². The summed E-state index contributed by atoms with van der Waals surface area (Å²) in [5.41, 5.74) is 0.958. The Morgan fingerprint density at radius 1 is 1.47 bits per heavy atom. The van der Waals surface area contributed by atoms with Crippen molar-refractivity contribution in [3.8, 4) is 0 Å². The van der Waals surface area contributed by atoms with Crippen molar-refractivity contribution in [1.82, 2.24) is 4.98 Å². The summed E-state index contributed by atoms with van der Waals surface area (Å²) in [6, 6.07) is 0. The lowest BCUT2D eigenvalue weighted by atomic mass is 9.90. The van der Waals surface area contributed by atoms with Gasteiger partial charge >= 0.3 is 0 Å². The molecule has 0 aliphatic heterocycles. The van der Waals surface area contributed by atoms with Crippen molar-refractivity contribution in [2.45, 2.75) is 51.0 Å². The SMILES string of the molecule is CC(OCC1CCCCC1)c1nc(CCl)cs1. The molecule has 0 N–H and O–H groups in total. The third-order valence-corrected chi connectivity index (χ3v) is 4.69. The van der Waals surface area contributed by atoms with Gasteiger partial charge in [-0.3, -0.25) is 0 Å². The van der Waals surface area contributed by atoms with Crippen molar-refractivity contribution in [2.24, 2.45) is 5.92 Å². The first-order valence-corrected chi connectivity index (χ1v) is 7.83. The first-order valence-electron chi connectivity index (χ1n) is 6.41. The lowest BCUT2D eigenvalue weighted by Crippen LogP contribution is -2.14. The highest BCUT2D eigenvalue weighted by Gasteiger charge is 2.16. The van der Waals surface area contributed by atoms with E-state index in [0.29, 0.717) is 5.88 Å². The van der Waals surface area contributed by atoms with Crippen LogP contribution in [0.5, 0.6) is 0 Å². The molecule has 1 aliphatic rings. The number of halogens is 1. The Morgan fingerprint density at radius 3 is 2.88 bits per heavy atom. The van der Waals surface area contributed by atoms with E-state index in [1.165, 1.54) is 32.1 Å². The third-order valence-electron chi connectivity index (χ3n) is 3.36. The zero-order valence-electron chi connectivity index (χ0n) is 10.3. The third kappa shape index (κ3) is 3.94. The molecule has 0 aromatic carbocycles. The zero-order valence-corrected chi connectivity index (χ0v) is 11.9. The van der Waals surface area contributed by atoms with E-state index in [2.05, 4.69) is 11.9 Å². The molecule has 1 aromatic heterocycles. The molecule has 2 rings (SSSR count). The topological polar surface area (TPSA) is 22.1 Å². The van der Waals surface area contributed by atoms with Crippen molar-refractivity contribution in [1.29, 1.82) is 0 Å². The number of thiazole rings is 1. The lowest BCUT2D eigenvalue weighted by molar-refractivity contribution is 0.0300. The number of hydrogen-bond donors (Lipinski definition) is 0. The van der Waals surface area contributed by atoms with Crippen LogP contribution in [0.3, 0.4) is 0 Å². The van der Waals surface area contributed by atoms with Crippen molar-refractivity contribution >= 4 is 22.9 Å². The molecular weight excluding hydrogens is 254 g/mol. The number of nitrogens with zero attached hydrogens (tertiary/aromatic N) is 1. The molecule has 4 heteroatoms. The molecule has 1 unspecified atom stereocenters. The number of ether oxygens (including phenoxy) is 1. The van der Waals surface area contributed by atoms with Crippen LogP contribution >= 0.6 is 22.9 Å². The molecule has 1 saturated carbocycles. The summed E-state index contributed by atoms with van der Waals surface area (Å²) in [6.45, 7) is 2.97. The zero-order chi connectivity index (χ0) is 12.1. The van der Waals surface area contributed by atoms with Gasteiger partial charge in [-0.15, -0.1) is 22.9 Å². The maximum atomic E-state index is 5.93. The van der Waals surface area contributed by atoms with Crippen LogP contribution in [0, 0.1) is 5.92 Å². The van der Waals surface area contributed by atoms with E-state index in [-0.39, 0.29) is 6.10 Å². The fourth-order valence-electron chi connectivity index (χ4n) is 2.28. The maximum Gasteiger partial charge on any atom is 0.122 e.